The molecule has 0 bridgehead atoms. The highest BCUT2D eigenvalue weighted by Gasteiger charge is 2.13. The number of nitro benzene ring substituents is 1. The van der Waals surface area contributed by atoms with Gasteiger partial charge in [-0.2, -0.15) is 0 Å². The molecule has 0 radical (unpaired) electrons. The van der Waals surface area contributed by atoms with Crippen LogP contribution in [0.3, 0.4) is 0 Å². The number of hydrogen-bond donors (Lipinski definition) is 0. The second kappa shape index (κ2) is 3.66. The zero-order valence-electron chi connectivity index (χ0n) is 7.25. The van der Waals surface area contributed by atoms with Crippen LogP contribution in [0.2, 0.25) is 5.02 Å². The predicted molar refractivity (Wildman–Crippen MR) is 51.4 cm³/mol. The Kier molecular flexibility index (Phi) is 2.34. The molecule has 0 N–H and O–H groups in total. The zero-order chi connectivity index (χ0) is 10.8. The van der Waals surface area contributed by atoms with Gasteiger partial charge in [-0.15, -0.1) is 10.2 Å². The summed E-state index contributed by atoms with van der Waals surface area (Å²) < 4.78 is 4.92. The molecule has 76 valence electrons. The molecule has 0 aliphatic heterocycles. The summed E-state index contributed by atoms with van der Waals surface area (Å²) >= 11 is 5.83. The number of hydrogen-bond acceptors (Lipinski definition) is 5. The lowest BCUT2D eigenvalue weighted by Gasteiger charge is -1.97. The lowest BCUT2D eigenvalue weighted by molar-refractivity contribution is -0.384. The van der Waals surface area contributed by atoms with Crippen molar-refractivity contribution in [2.75, 3.05) is 0 Å². The van der Waals surface area contributed by atoms with E-state index in [0.717, 1.165) is 6.39 Å². The van der Waals surface area contributed by atoms with E-state index in [-0.39, 0.29) is 16.6 Å². The fourth-order valence-corrected chi connectivity index (χ4v) is 1.34. The largest absolute Gasteiger partial charge is 0.423 e. The summed E-state index contributed by atoms with van der Waals surface area (Å²) in [6.07, 6.45) is 1.16. The Morgan fingerprint density at radius 2 is 2.27 bits per heavy atom. The van der Waals surface area contributed by atoms with Crippen LogP contribution >= 0.6 is 11.6 Å². The van der Waals surface area contributed by atoms with E-state index in [9.17, 15) is 10.1 Å². The van der Waals surface area contributed by atoms with E-state index < -0.39 is 4.92 Å². The van der Waals surface area contributed by atoms with E-state index in [2.05, 4.69) is 10.2 Å². The lowest BCUT2D eigenvalue weighted by Crippen LogP contribution is -1.88. The van der Waals surface area contributed by atoms with Gasteiger partial charge in [0.15, 0.2) is 0 Å². The summed E-state index contributed by atoms with van der Waals surface area (Å²) in [5.74, 6) is 0.231. The fourth-order valence-electron chi connectivity index (χ4n) is 1.08. The monoisotopic (exact) mass is 225 g/mol. The first-order valence-corrected chi connectivity index (χ1v) is 4.27. The van der Waals surface area contributed by atoms with Crippen molar-refractivity contribution in [2.24, 2.45) is 0 Å². The van der Waals surface area contributed by atoms with Crippen LogP contribution in [0, 0.1) is 10.1 Å². The molecule has 2 rings (SSSR count). The Bertz CT molecular complexity index is 498. The Labute approximate surface area is 88.6 Å². The molecule has 15 heavy (non-hydrogen) atoms. The Morgan fingerprint density at radius 1 is 1.47 bits per heavy atom. The van der Waals surface area contributed by atoms with Gasteiger partial charge in [-0.25, -0.2) is 0 Å². The second-order valence-electron chi connectivity index (χ2n) is 2.67. The van der Waals surface area contributed by atoms with Gasteiger partial charge in [-0.05, 0) is 6.07 Å². The van der Waals surface area contributed by atoms with Crippen molar-refractivity contribution in [1.82, 2.24) is 10.2 Å². The van der Waals surface area contributed by atoms with E-state index >= 15 is 0 Å². The van der Waals surface area contributed by atoms with Gasteiger partial charge >= 0.3 is 0 Å². The fraction of sp³-hybridized carbons (Fsp3) is 0. The van der Waals surface area contributed by atoms with Crippen LogP contribution in [0.4, 0.5) is 5.69 Å². The van der Waals surface area contributed by atoms with Gasteiger partial charge in [0, 0.05) is 12.1 Å². The number of nitro groups is 1. The van der Waals surface area contributed by atoms with Crippen molar-refractivity contribution in [3.05, 3.63) is 39.7 Å². The van der Waals surface area contributed by atoms with E-state index in [0.29, 0.717) is 5.56 Å². The summed E-state index contributed by atoms with van der Waals surface area (Å²) in [5.41, 5.74) is 0.392. The molecular weight excluding hydrogens is 222 g/mol. The van der Waals surface area contributed by atoms with Crippen LogP contribution in [0.15, 0.2) is 29.0 Å². The normalized spacial score (nSPS) is 10.2. The standard InChI is InChI=1S/C8H4ClN3O3/c9-7-3-5(12(13)14)1-2-6(7)8-11-10-4-15-8/h1-4H. The SMILES string of the molecule is O=[N+]([O-])c1ccc(-c2nnco2)c(Cl)c1. The minimum Gasteiger partial charge on any atom is -0.423 e. The highest BCUT2D eigenvalue weighted by Crippen LogP contribution is 2.29. The molecule has 0 atom stereocenters. The van der Waals surface area contributed by atoms with E-state index in [4.69, 9.17) is 16.0 Å². The highest BCUT2D eigenvalue weighted by atomic mass is 35.5. The minimum absolute atomic E-state index is 0.0803. The van der Waals surface area contributed by atoms with E-state index in [1.54, 1.807) is 0 Å². The first-order chi connectivity index (χ1) is 7.18. The van der Waals surface area contributed by atoms with Crippen LogP contribution in [0.5, 0.6) is 0 Å². The van der Waals surface area contributed by atoms with E-state index in [1.807, 2.05) is 0 Å². The molecule has 0 fully saturated rings. The summed E-state index contributed by atoms with van der Waals surface area (Å²) in [6.45, 7) is 0. The second-order valence-corrected chi connectivity index (χ2v) is 3.07. The molecular formula is C8H4ClN3O3. The molecule has 1 aromatic carbocycles. The van der Waals surface area contributed by atoms with Gasteiger partial charge in [0.05, 0.1) is 15.5 Å². The molecule has 0 saturated heterocycles. The topological polar surface area (TPSA) is 82.1 Å². The van der Waals surface area contributed by atoms with Crippen molar-refractivity contribution in [3.63, 3.8) is 0 Å². The quantitative estimate of drug-likeness (QED) is 0.578. The van der Waals surface area contributed by atoms with Crippen LogP contribution in [0.1, 0.15) is 0 Å². The number of non-ortho nitro benzene ring substituents is 1. The van der Waals surface area contributed by atoms with Crippen LogP contribution in [-0.2, 0) is 0 Å². The zero-order valence-corrected chi connectivity index (χ0v) is 8.01. The summed E-state index contributed by atoms with van der Waals surface area (Å²) in [4.78, 5) is 9.92. The molecule has 0 spiro atoms. The average molecular weight is 226 g/mol. The Hall–Kier alpha value is -1.95. The highest BCUT2D eigenvalue weighted by molar-refractivity contribution is 6.33. The molecule has 1 aromatic heterocycles. The van der Waals surface area contributed by atoms with Crippen molar-refractivity contribution in [3.8, 4) is 11.5 Å². The third-order valence-electron chi connectivity index (χ3n) is 1.75. The lowest BCUT2D eigenvalue weighted by atomic mass is 10.2. The first kappa shape index (κ1) is 9.60. The predicted octanol–water partition coefficient (Wildman–Crippen LogP) is 2.30. The van der Waals surface area contributed by atoms with E-state index in [1.165, 1.54) is 18.2 Å². The molecule has 0 amide bonds. The van der Waals surface area contributed by atoms with Crippen molar-refractivity contribution < 1.29 is 9.34 Å². The molecule has 6 nitrogen and oxygen atoms in total. The Balaban J connectivity index is 2.48. The molecule has 1 heterocycles. The van der Waals surface area contributed by atoms with Crippen LogP contribution in [0.25, 0.3) is 11.5 Å². The van der Waals surface area contributed by atoms with Gasteiger partial charge in [-0.3, -0.25) is 10.1 Å². The van der Waals surface area contributed by atoms with Crippen LogP contribution in [-0.4, -0.2) is 15.1 Å². The number of rotatable bonds is 2. The molecule has 0 unspecified atom stereocenters. The third-order valence-corrected chi connectivity index (χ3v) is 2.07. The maximum Gasteiger partial charge on any atom is 0.270 e. The molecule has 0 saturated carbocycles. The summed E-state index contributed by atoms with van der Waals surface area (Å²) in [7, 11) is 0. The van der Waals surface area contributed by atoms with Crippen molar-refractivity contribution in [2.45, 2.75) is 0 Å². The summed E-state index contributed by atoms with van der Waals surface area (Å²) in [5, 5.41) is 17.8. The summed E-state index contributed by atoms with van der Waals surface area (Å²) in [6, 6.07) is 4.03. The number of halogens is 1. The third kappa shape index (κ3) is 1.79. The average Bonchev–Trinajstić information content (AvgIpc) is 2.70. The van der Waals surface area contributed by atoms with Crippen LogP contribution < -0.4 is 0 Å². The molecule has 0 aliphatic carbocycles. The molecule has 7 heteroatoms. The van der Waals surface area contributed by atoms with Gasteiger partial charge in [0.25, 0.3) is 5.69 Å². The minimum atomic E-state index is -0.524. The molecule has 0 aliphatic rings. The number of nitrogens with zero attached hydrogens (tertiary/aromatic N) is 3. The van der Waals surface area contributed by atoms with Gasteiger partial charge in [0.1, 0.15) is 0 Å². The number of aromatic nitrogens is 2. The van der Waals surface area contributed by atoms with Gasteiger partial charge in [-0.1, -0.05) is 11.6 Å². The van der Waals surface area contributed by atoms with Gasteiger partial charge < -0.3 is 4.42 Å². The Morgan fingerprint density at radius 3 is 2.80 bits per heavy atom. The maximum atomic E-state index is 10.4. The van der Waals surface area contributed by atoms with Gasteiger partial charge in [0.2, 0.25) is 12.3 Å². The van der Waals surface area contributed by atoms with Crippen molar-refractivity contribution >= 4 is 17.3 Å². The van der Waals surface area contributed by atoms with Crippen molar-refractivity contribution in [1.29, 1.82) is 0 Å². The molecule has 2 aromatic rings. The first-order valence-electron chi connectivity index (χ1n) is 3.89. The smallest absolute Gasteiger partial charge is 0.270 e. The maximum absolute atomic E-state index is 10.4. The number of benzene rings is 1.